The van der Waals surface area contributed by atoms with Gasteiger partial charge in [-0.3, -0.25) is 4.79 Å². The Bertz CT molecular complexity index is 1090. The number of hydrogen-bond donors (Lipinski definition) is 1. The van der Waals surface area contributed by atoms with E-state index >= 15 is 0 Å². The maximum absolute atomic E-state index is 13.6. The van der Waals surface area contributed by atoms with Crippen molar-refractivity contribution >= 4 is 11.6 Å². The summed E-state index contributed by atoms with van der Waals surface area (Å²) in [6, 6.07) is 21.2. The van der Waals surface area contributed by atoms with E-state index < -0.39 is 11.2 Å². The molecule has 0 heterocycles. The molecular formula is C28H32FNO4. The number of ether oxygens (including phenoxy) is 2. The lowest BCUT2D eigenvalue weighted by atomic mass is 10.0. The molecule has 0 aliphatic rings. The summed E-state index contributed by atoms with van der Waals surface area (Å²) in [5, 5.41) is 10.5. The summed E-state index contributed by atoms with van der Waals surface area (Å²) in [4.78, 5) is 15.1. The lowest BCUT2D eigenvalue weighted by Gasteiger charge is -2.35. The summed E-state index contributed by atoms with van der Waals surface area (Å²) in [6.07, 6.45) is 0. The molecule has 1 amide bonds. The molecule has 0 aliphatic carbocycles. The van der Waals surface area contributed by atoms with E-state index in [1.807, 2.05) is 48.5 Å². The number of anilines is 1. The number of aliphatic hydroxyl groups is 1. The van der Waals surface area contributed by atoms with Crippen molar-refractivity contribution in [2.75, 3.05) is 18.6 Å². The monoisotopic (exact) mass is 465 g/mol. The molecule has 0 saturated carbocycles. The molecule has 0 radical (unpaired) electrons. The summed E-state index contributed by atoms with van der Waals surface area (Å²) >= 11 is 0. The Morgan fingerprint density at radius 2 is 1.41 bits per heavy atom. The van der Waals surface area contributed by atoms with Gasteiger partial charge >= 0.3 is 0 Å². The minimum Gasteiger partial charge on any atom is -0.478 e. The van der Waals surface area contributed by atoms with Gasteiger partial charge in [-0.05, 0) is 80.8 Å². The quantitative estimate of drug-likeness (QED) is 0.447. The summed E-state index contributed by atoms with van der Waals surface area (Å²) in [7, 11) is 1.67. The van der Waals surface area contributed by atoms with Crippen LogP contribution >= 0.6 is 0 Å². The van der Waals surface area contributed by atoms with Crippen molar-refractivity contribution < 1.29 is 23.8 Å². The van der Waals surface area contributed by atoms with E-state index in [1.165, 1.54) is 29.2 Å². The van der Waals surface area contributed by atoms with Gasteiger partial charge in [0.2, 0.25) is 0 Å². The van der Waals surface area contributed by atoms with Crippen LogP contribution in [0.1, 0.15) is 33.3 Å². The minimum atomic E-state index is -1.25. The predicted octanol–water partition coefficient (Wildman–Crippen LogP) is 5.60. The van der Waals surface area contributed by atoms with Crippen LogP contribution in [0.2, 0.25) is 0 Å². The van der Waals surface area contributed by atoms with Crippen LogP contribution in [-0.2, 0) is 16.1 Å². The SMILES string of the molecule is COCc1ccc(-c2ccc(N(CC(C)(C)O)C(=O)C(C)(C)Oc3ccc(F)cc3)cc2)cc1. The van der Waals surface area contributed by atoms with Gasteiger partial charge in [0.1, 0.15) is 11.6 Å². The first-order chi connectivity index (χ1) is 16.0. The second-order valence-corrected chi connectivity index (χ2v) is 9.45. The van der Waals surface area contributed by atoms with Crippen LogP contribution < -0.4 is 9.64 Å². The Hall–Kier alpha value is -3.22. The van der Waals surface area contributed by atoms with Crippen LogP contribution in [0.15, 0.2) is 72.8 Å². The number of rotatable bonds is 9. The first-order valence-corrected chi connectivity index (χ1v) is 11.2. The third kappa shape index (κ3) is 6.65. The van der Waals surface area contributed by atoms with Crippen LogP contribution in [0.4, 0.5) is 10.1 Å². The van der Waals surface area contributed by atoms with E-state index in [-0.39, 0.29) is 18.3 Å². The standard InChI is InChI=1S/C28H32FNO4/c1-27(2,32)19-30(26(31)28(3,4)34-25-16-12-23(29)13-17-25)24-14-10-22(11-15-24)21-8-6-20(7-9-21)18-33-5/h6-17,32H,18-19H2,1-5H3. The smallest absolute Gasteiger partial charge is 0.270 e. The summed E-state index contributed by atoms with van der Waals surface area (Å²) in [6.45, 7) is 7.25. The van der Waals surface area contributed by atoms with Crippen LogP contribution in [0.5, 0.6) is 5.75 Å². The van der Waals surface area contributed by atoms with Gasteiger partial charge in [0.25, 0.3) is 5.91 Å². The Morgan fingerprint density at radius 3 is 1.91 bits per heavy atom. The van der Waals surface area contributed by atoms with E-state index in [1.54, 1.807) is 34.8 Å². The van der Waals surface area contributed by atoms with E-state index in [0.29, 0.717) is 18.0 Å². The van der Waals surface area contributed by atoms with E-state index in [2.05, 4.69) is 0 Å². The Labute approximate surface area is 200 Å². The normalized spacial score (nSPS) is 11.9. The first-order valence-electron chi connectivity index (χ1n) is 11.2. The van der Waals surface area contributed by atoms with Gasteiger partial charge in [-0.1, -0.05) is 36.4 Å². The maximum Gasteiger partial charge on any atom is 0.270 e. The zero-order chi connectivity index (χ0) is 24.9. The average Bonchev–Trinajstić information content (AvgIpc) is 2.79. The average molecular weight is 466 g/mol. The Kier molecular flexibility index (Phi) is 7.75. The molecule has 0 spiro atoms. The molecule has 3 aromatic carbocycles. The zero-order valence-electron chi connectivity index (χ0n) is 20.3. The molecule has 3 aromatic rings. The lowest BCUT2D eigenvalue weighted by molar-refractivity contribution is -0.132. The van der Waals surface area contributed by atoms with Gasteiger partial charge in [-0.25, -0.2) is 4.39 Å². The minimum absolute atomic E-state index is 0.0765. The molecule has 0 unspecified atom stereocenters. The van der Waals surface area contributed by atoms with Crippen LogP contribution in [0.25, 0.3) is 11.1 Å². The van der Waals surface area contributed by atoms with Crippen LogP contribution in [0.3, 0.4) is 0 Å². The van der Waals surface area contributed by atoms with Crippen molar-refractivity contribution in [2.45, 2.75) is 45.5 Å². The predicted molar refractivity (Wildman–Crippen MR) is 132 cm³/mol. The van der Waals surface area contributed by atoms with Crippen molar-refractivity contribution in [3.63, 3.8) is 0 Å². The second kappa shape index (κ2) is 10.4. The van der Waals surface area contributed by atoms with Gasteiger partial charge in [-0.2, -0.15) is 0 Å². The van der Waals surface area contributed by atoms with Crippen molar-refractivity contribution in [3.05, 3.63) is 84.2 Å². The fourth-order valence-corrected chi connectivity index (χ4v) is 3.63. The number of benzene rings is 3. The molecule has 6 heteroatoms. The second-order valence-electron chi connectivity index (χ2n) is 9.45. The Morgan fingerprint density at radius 1 is 0.882 bits per heavy atom. The number of methoxy groups -OCH3 is 1. The third-order valence-corrected chi connectivity index (χ3v) is 5.27. The highest BCUT2D eigenvalue weighted by Gasteiger charge is 2.37. The van der Waals surface area contributed by atoms with E-state index in [4.69, 9.17) is 9.47 Å². The zero-order valence-corrected chi connectivity index (χ0v) is 20.3. The van der Waals surface area contributed by atoms with Crippen LogP contribution in [0, 0.1) is 5.82 Å². The topological polar surface area (TPSA) is 59.0 Å². The molecule has 0 bridgehead atoms. The first kappa shape index (κ1) is 25.4. The highest BCUT2D eigenvalue weighted by Crippen LogP contribution is 2.28. The Balaban J connectivity index is 1.86. The number of carbonyl (C=O) groups excluding carboxylic acids is 1. The molecule has 0 aromatic heterocycles. The van der Waals surface area contributed by atoms with Gasteiger partial charge < -0.3 is 19.5 Å². The molecule has 1 N–H and O–H groups in total. The summed E-state index contributed by atoms with van der Waals surface area (Å²) in [5.74, 6) is -0.320. The molecule has 0 saturated heterocycles. The third-order valence-electron chi connectivity index (χ3n) is 5.27. The molecular weight excluding hydrogens is 433 g/mol. The van der Waals surface area contributed by atoms with Crippen LogP contribution in [-0.4, -0.2) is 35.9 Å². The number of halogens is 1. The van der Waals surface area contributed by atoms with Crippen molar-refractivity contribution in [3.8, 4) is 16.9 Å². The lowest BCUT2D eigenvalue weighted by Crippen LogP contribution is -2.53. The number of amides is 1. The highest BCUT2D eigenvalue weighted by atomic mass is 19.1. The van der Waals surface area contributed by atoms with Gasteiger partial charge in [-0.15, -0.1) is 0 Å². The largest absolute Gasteiger partial charge is 0.478 e. The molecule has 0 aliphatic heterocycles. The maximum atomic E-state index is 13.6. The fraction of sp³-hybridized carbons (Fsp3) is 0.321. The van der Waals surface area contributed by atoms with E-state index in [9.17, 15) is 14.3 Å². The fourth-order valence-electron chi connectivity index (χ4n) is 3.63. The molecule has 34 heavy (non-hydrogen) atoms. The molecule has 5 nitrogen and oxygen atoms in total. The summed E-state index contributed by atoms with van der Waals surface area (Å²) in [5.41, 5.74) is 1.41. The highest BCUT2D eigenvalue weighted by molar-refractivity contribution is 5.99. The number of carbonyl (C=O) groups is 1. The van der Waals surface area contributed by atoms with Gasteiger partial charge in [0.05, 0.1) is 18.8 Å². The molecule has 0 atom stereocenters. The van der Waals surface area contributed by atoms with Crippen molar-refractivity contribution in [1.29, 1.82) is 0 Å². The van der Waals surface area contributed by atoms with Crippen molar-refractivity contribution in [2.24, 2.45) is 0 Å². The van der Waals surface area contributed by atoms with Gasteiger partial charge in [0, 0.05) is 12.8 Å². The number of nitrogens with zero attached hydrogens (tertiary/aromatic N) is 1. The number of hydrogen-bond acceptors (Lipinski definition) is 4. The molecule has 180 valence electrons. The molecule has 0 fully saturated rings. The summed E-state index contributed by atoms with van der Waals surface area (Å²) < 4.78 is 24.3. The molecule has 3 rings (SSSR count). The van der Waals surface area contributed by atoms with Gasteiger partial charge in [0.15, 0.2) is 5.60 Å². The van der Waals surface area contributed by atoms with E-state index in [0.717, 1.165) is 16.7 Å². The van der Waals surface area contributed by atoms with Crippen molar-refractivity contribution in [1.82, 2.24) is 0 Å².